The third-order valence-electron chi connectivity index (χ3n) is 3.48. The van der Waals surface area contributed by atoms with Gasteiger partial charge in [-0.1, -0.05) is 5.16 Å². The van der Waals surface area contributed by atoms with E-state index in [1.54, 1.807) is 12.1 Å². The molecule has 1 aromatic heterocycles. The molecule has 0 bridgehead atoms. The number of hydrogen-bond acceptors (Lipinski definition) is 7. The van der Waals surface area contributed by atoms with E-state index in [-0.39, 0.29) is 17.1 Å². The molecular weight excluding hydrogens is 350 g/mol. The highest BCUT2D eigenvalue weighted by Gasteiger charge is 2.32. The van der Waals surface area contributed by atoms with Gasteiger partial charge in [0.2, 0.25) is 0 Å². The Bertz CT molecular complexity index is 785. The number of anilines is 1. The first kappa shape index (κ1) is 16.1. The van der Waals surface area contributed by atoms with Gasteiger partial charge in [-0.3, -0.25) is 0 Å². The van der Waals surface area contributed by atoms with Gasteiger partial charge in [0, 0.05) is 18.0 Å². The second kappa shape index (κ2) is 6.00. The highest BCUT2D eigenvalue weighted by Crippen LogP contribution is 2.30. The Balaban J connectivity index is 1.79. The van der Waals surface area contributed by atoms with Crippen molar-refractivity contribution in [1.82, 2.24) is 0 Å². The summed E-state index contributed by atoms with van der Waals surface area (Å²) in [6.07, 6.45) is -1.57. The fraction of sp³-hybridized carbons (Fsp3) is 0.385. The first-order chi connectivity index (χ1) is 10.9. The summed E-state index contributed by atoms with van der Waals surface area (Å²) in [4.78, 5) is 18.3. The van der Waals surface area contributed by atoms with Gasteiger partial charge in [-0.05, 0) is 18.2 Å². The molecule has 0 saturated carbocycles. The van der Waals surface area contributed by atoms with E-state index in [4.69, 9.17) is 0 Å². The van der Waals surface area contributed by atoms with Gasteiger partial charge in [0.15, 0.2) is 15.5 Å². The van der Waals surface area contributed by atoms with Crippen molar-refractivity contribution in [1.29, 1.82) is 0 Å². The molecule has 0 N–H and O–H groups in total. The molecule has 0 atom stereocenters. The molecule has 1 aromatic rings. The van der Waals surface area contributed by atoms with Crippen molar-refractivity contribution in [3.63, 3.8) is 0 Å². The number of halogens is 2. The fourth-order valence-electron chi connectivity index (χ4n) is 2.25. The van der Waals surface area contributed by atoms with Crippen LogP contribution in [0, 0.1) is 0 Å². The van der Waals surface area contributed by atoms with Crippen molar-refractivity contribution >= 4 is 43.9 Å². The van der Waals surface area contributed by atoms with Gasteiger partial charge in [0.05, 0.1) is 22.1 Å². The largest absolute Gasteiger partial charge is 0.367 e. The molecule has 2 aliphatic rings. The third-order valence-corrected chi connectivity index (χ3v) is 6.19. The summed E-state index contributed by atoms with van der Waals surface area (Å²) in [6, 6.07) is 3.46. The highest BCUT2D eigenvalue weighted by atomic mass is 32.2. The van der Waals surface area contributed by atoms with E-state index in [2.05, 4.69) is 9.99 Å². The molecule has 2 aliphatic heterocycles. The van der Waals surface area contributed by atoms with Gasteiger partial charge < -0.3 is 9.74 Å². The SMILES string of the molecule is O=C1ON=C(C(F)F)C1=Cc1ccc(N2CCS(=O)(=O)CC2)s1. The van der Waals surface area contributed by atoms with Crippen molar-refractivity contribution in [2.45, 2.75) is 6.43 Å². The van der Waals surface area contributed by atoms with Crippen LogP contribution in [-0.4, -0.2) is 51.1 Å². The summed E-state index contributed by atoms with van der Waals surface area (Å²) in [7, 11) is -2.97. The quantitative estimate of drug-likeness (QED) is 0.602. The predicted molar refractivity (Wildman–Crippen MR) is 82.7 cm³/mol. The average molecular weight is 362 g/mol. The van der Waals surface area contributed by atoms with Gasteiger partial charge in [0.25, 0.3) is 6.43 Å². The number of oxime groups is 1. The molecule has 6 nitrogen and oxygen atoms in total. The van der Waals surface area contributed by atoms with E-state index in [9.17, 15) is 22.0 Å². The number of sulfone groups is 1. The number of alkyl halides is 2. The van der Waals surface area contributed by atoms with E-state index < -0.39 is 27.9 Å². The second-order valence-electron chi connectivity index (χ2n) is 5.03. The van der Waals surface area contributed by atoms with Crippen molar-refractivity contribution in [3.8, 4) is 0 Å². The molecule has 124 valence electrons. The molecule has 0 spiro atoms. The number of rotatable bonds is 3. The topological polar surface area (TPSA) is 76.0 Å². The standard InChI is InChI=1S/C13H12F2N2O4S2/c14-12(15)11-9(13(18)21-16-11)7-8-1-2-10(22-8)17-3-5-23(19,20)6-4-17/h1-2,7,12H,3-6H2. The summed E-state index contributed by atoms with van der Waals surface area (Å²) in [5.74, 6) is -0.717. The number of carbonyl (C=O) groups excluding carboxylic acids is 1. The van der Waals surface area contributed by atoms with E-state index >= 15 is 0 Å². The van der Waals surface area contributed by atoms with E-state index in [1.165, 1.54) is 17.4 Å². The van der Waals surface area contributed by atoms with Crippen LogP contribution in [0.5, 0.6) is 0 Å². The van der Waals surface area contributed by atoms with Crippen LogP contribution < -0.4 is 4.90 Å². The molecule has 3 heterocycles. The first-order valence-electron chi connectivity index (χ1n) is 6.70. The Morgan fingerprint density at radius 1 is 1.30 bits per heavy atom. The van der Waals surface area contributed by atoms with E-state index in [1.807, 2.05) is 4.90 Å². The normalized spacial score (nSPS) is 22.6. The molecule has 0 aliphatic carbocycles. The summed E-state index contributed by atoms with van der Waals surface area (Å²) in [5.41, 5.74) is -0.927. The molecular formula is C13H12F2N2O4S2. The Hall–Kier alpha value is -1.81. The van der Waals surface area contributed by atoms with Crippen molar-refractivity contribution in [2.24, 2.45) is 5.16 Å². The lowest BCUT2D eigenvalue weighted by Gasteiger charge is -2.27. The Morgan fingerprint density at radius 2 is 2.00 bits per heavy atom. The zero-order chi connectivity index (χ0) is 16.6. The van der Waals surface area contributed by atoms with Crippen LogP contribution >= 0.6 is 11.3 Å². The van der Waals surface area contributed by atoms with Gasteiger partial charge in [-0.15, -0.1) is 11.3 Å². The minimum Gasteiger partial charge on any atom is -0.361 e. The number of thiophene rings is 1. The first-order valence-corrected chi connectivity index (χ1v) is 9.34. The Labute approximate surface area is 134 Å². The molecule has 3 rings (SSSR count). The molecule has 1 fully saturated rings. The maximum Gasteiger partial charge on any atom is 0.367 e. The van der Waals surface area contributed by atoms with Crippen molar-refractivity contribution in [3.05, 3.63) is 22.6 Å². The maximum absolute atomic E-state index is 12.8. The molecule has 1 saturated heterocycles. The molecule has 0 aromatic carbocycles. The lowest BCUT2D eigenvalue weighted by Crippen LogP contribution is -2.39. The highest BCUT2D eigenvalue weighted by molar-refractivity contribution is 7.91. The van der Waals surface area contributed by atoms with Gasteiger partial charge in [0.1, 0.15) is 0 Å². The van der Waals surface area contributed by atoms with Crippen LogP contribution in [0.25, 0.3) is 6.08 Å². The van der Waals surface area contributed by atoms with Gasteiger partial charge in [-0.2, -0.15) is 0 Å². The summed E-state index contributed by atoms with van der Waals surface area (Å²) < 4.78 is 48.4. The van der Waals surface area contributed by atoms with E-state index in [0.717, 1.165) is 5.00 Å². The molecule has 0 amide bonds. The monoisotopic (exact) mass is 362 g/mol. The minimum absolute atomic E-state index is 0.0931. The summed E-state index contributed by atoms with van der Waals surface area (Å²) in [6.45, 7) is 0.787. The van der Waals surface area contributed by atoms with Crippen molar-refractivity contribution in [2.75, 3.05) is 29.5 Å². The zero-order valence-corrected chi connectivity index (χ0v) is 13.4. The maximum atomic E-state index is 12.8. The second-order valence-corrected chi connectivity index (χ2v) is 8.43. The molecule has 0 unspecified atom stereocenters. The third kappa shape index (κ3) is 3.42. The van der Waals surface area contributed by atoms with Gasteiger partial charge >= 0.3 is 5.97 Å². The fourth-order valence-corrected chi connectivity index (χ4v) is 4.45. The number of carbonyl (C=O) groups is 1. The molecule has 10 heteroatoms. The Morgan fingerprint density at radius 3 is 2.65 bits per heavy atom. The minimum atomic E-state index is -2.97. The van der Waals surface area contributed by atoms with Crippen LogP contribution in [0.2, 0.25) is 0 Å². The van der Waals surface area contributed by atoms with Crippen LogP contribution in [0.1, 0.15) is 4.88 Å². The number of nitrogens with zero attached hydrogens (tertiary/aromatic N) is 2. The molecule has 23 heavy (non-hydrogen) atoms. The van der Waals surface area contributed by atoms with Crippen LogP contribution in [0.4, 0.5) is 13.8 Å². The predicted octanol–water partition coefficient (Wildman–Crippen LogP) is 1.54. The zero-order valence-electron chi connectivity index (χ0n) is 11.7. The van der Waals surface area contributed by atoms with Crippen LogP contribution in [-0.2, 0) is 19.5 Å². The van der Waals surface area contributed by atoms with Crippen LogP contribution in [0.3, 0.4) is 0 Å². The summed E-state index contributed by atoms with van der Waals surface area (Å²) >= 11 is 1.29. The smallest absolute Gasteiger partial charge is 0.361 e. The average Bonchev–Trinajstić information content (AvgIpc) is 3.07. The lowest BCUT2D eigenvalue weighted by atomic mass is 10.1. The van der Waals surface area contributed by atoms with Crippen LogP contribution in [0.15, 0.2) is 22.9 Å². The Kier molecular flexibility index (Phi) is 4.19. The molecule has 0 radical (unpaired) electrons. The van der Waals surface area contributed by atoms with E-state index in [0.29, 0.717) is 18.0 Å². The van der Waals surface area contributed by atoms with Crippen molar-refractivity contribution < 1.29 is 26.8 Å². The number of hydrogen-bond donors (Lipinski definition) is 0. The summed E-state index contributed by atoms with van der Waals surface area (Å²) in [5, 5.41) is 3.91. The lowest BCUT2D eigenvalue weighted by molar-refractivity contribution is -0.136. The van der Waals surface area contributed by atoms with Gasteiger partial charge in [-0.25, -0.2) is 22.0 Å².